The first-order valence-electron chi connectivity index (χ1n) is 10.7. The Labute approximate surface area is 168 Å². The van der Waals surface area contributed by atoms with Crippen LogP contribution < -0.4 is 0 Å². The molecule has 0 nitrogen and oxygen atoms in total. The van der Waals surface area contributed by atoms with Gasteiger partial charge in [0.15, 0.2) is 0 Å². The molecular weight excluding hydrogens is 362 g/mol. The van der Waals surface area contributed by atoms with E-state index in [0.717, 1.165) is 48.2 Å². The lowest BCUT2D eigenvalue weighted by Gasteiger charge is -2.37. The minimum Gasteiger partial charge on any atom is -0.251 e. The molecule has 1 saturated carbocycles. The Hall–Kier alpha value is -0.890. The molecule has 0 aromatic heterocycles. The third-order valence-electron chi connectivity index (χ3n) is 7.07. The van der Waals surface area contributed by atoms with Gasteiger partial charge in [-0.1, -0.05) is 61.1 Å². The Balaban J connectivity index is 1.74. The summed E-state index contributed by atoms with van der Waals surface area (Å²) in [6.07, 6.45) is 14.3. The topological polar surface area (TPSA) is 0 Å². The zero-order valence-electron chi connectivity index (χ0n) is 16.8. The summed E-state index contributed by atoms with van der Waals surface area (Å²) in [4.78, 5) is 0. The van der Waals surface area contributed by atoms with Crippen molar-refractivity contribution in [3.63, 3.8) is 0 Å². The maximum Gasteiger partial charge on any atom is 0.145 e. The summed E-state index contributed by atoms with van der Waals surface area (Å²) >= 11 is 6.22. The van der Waals surface area contributed by atoms with Gasteiger partial charge in [-0.2, -0.15) is 0 Å². The van der Waals surface area contributed by atoms with Gasteiger partial charge in [0.05, 0.1) is 11.7 Å². The second-order valence-corrected chi connectivity index (χ2v) is 9.15. The van der Waals surface area contributed by atoms with E-state index in [1.807, 2.05) is 12.2 Å². The largest absolute Gasteiger partial charge is 0.251 e. The predicted molar refractivity (Wildman–Crippen MR) is 111 cm³/mol. The average Bonchev–Trinajstić information content (AvgIpc) is 2.81. The number of hydrogen-bond acceptors (Lipinski definition) is 0. The van der Waals surface area contributed by atoms with Crippen molar-refractivity contribution in [2.24, 2.45) is 17.8 Å². The van der Waals surface area contributed by atoms with Gasteiger partial charge >= 0.3 is 0 Å². The van der Waals surface area contributed by atoms with Crippen LogP contribution in [0.2, 0.25) is 0 Å². The quantitative estimate of drug-likeness (QED) is 0.439. The Morgan fingerprint density at radius 2 is 1.81 bits per heavy atom. The Kier molecular flexibility index (Phi) is 7.36. The lowest BCUT2D eigenvalue weighted by molar-refractivity contribution is 0.187. The highest BCUT2D eigenvalue weighted by Gasteiger charge is 2.31. The Morgan fingerprint density at radius 1 is 1.07 bits per heavy atom. The summed E-state index contributed by atoms with van der Waals surface area (Å²) in [7, 11) is 0. The standard InChI is InChI=1S/C24H33ClF2/c1-3-17-4-7-19(8-5-17)20-9-11-21(16(2)14-20)22-10-6-18(12-13-26)15-23(25)24(22)27/h6,10,17,19-20H,3-5,7-9,11-15H2,1-2H3. The zero-order valence-corrected chi connectivity index (χ0v) is 17.6. The van der Waals surface area contributed by atoms with Crippen LogP contribution in [-0.4, -0.2) is 6.67 Å². The fraction of sp³-hybridized carbons (Fsp3) is 0.667. The molecule has 1 atom stereocenters. The molecule has 1 fully saturated rings. The van der Waals surface area contributed by atoms with E-state index in [4.69, 9.17) is 11.6 Å². The van der Waals surface area contributed by atoms with Crippen molar-refractivity contribution in [2.45, 2.75) is 78.1 Å². The smallest absolute Gasteiger partial charge is 0.145 e. The molecule has 0 aliphatic heterocycles. The number of allylic oxidation sites excluding steroid dienone is 8. The van der Waals surface area contributed by atoms with Gasteiger partial charge in [-0.3, -0.25) is 4.39 Å². The maximum atomic E-state index is 14.9. The van der Waals surface area contributed by atoms with Crippen LogP contribution >= 0.6 is 11.6 Å². The molecule has 0 radical (unpaired) electrons. The van der Waals surface area contributed by atoms with Gasteiger partial charge in [0.25, 0.3) is 0 Å². The summed E-state index contributed by atoms with van der Waals surface area (Å²) in [5.74, 6) is 2.21. The molecule has 0 aromatic rings. The molecule has 0 aromatic carbocycles. The van der Waals surface area contributed by atoms with E-state index < -0.39 is 6.67 Å². The molecule has 0 heterocycles. The average molecular weight is 395 g/mol. The third kappa shape index (κ3) is 4.94. The van der Waals surface area contributed by atoms with Crippen LogP contribution in [0.4, 0.5) is 8.78 Å². The van der Waals surface area contributed by atoms with Crippen molar-refractivity contribution in [3.8, 4) is 0 Å². The van der Waals surface area contributed by atoms with Gasteiger partial charge < -0.3 is 0 Å². The molecule has 0 bridgehead atoms. The van der Waals surface area contributed by atoms with Crippen LogP contribution in [0, 0.1) is 17.8 Å². The first-order chi connectivity index (χ1) is 13.0. The maximum absolute atomic E-state index is 14.9. The summed E-state index contributed by atoms with van der Waals surface area (Å²) < 4.78 is 27.6. The highest BCUT2D eigenvalue weighted by atomic mass is 35.5. The van der Waals surface area contributed by atoms with Crippen molar-refractivity contribution in [1.82, 2.24) is 0 Å². The molecule has 3 heteroatoms. The predicted octanol–water partition coefficient (Wildman–Crippen LogP) is 8.36. The van der Waals surface area contributed by atoms with Crippen LogP contribution in [0.3, 0.4) is 0 Å². The van der Waals surface area contributed by atoms with Crippen LogP contribution in [0.1, 0.15) is 78.1 Å². The number of halogens is 3. The first kappa shape index (κ1) is 20.8. The first-order valence-corrected chi connectivity index (χ1v) is 11.1. The summed E-state index contributed by atoms with van der Waals surface area (Å²) in [6, 6.07) is 0. The molecule has 3 aliphatic carbocycles. The van der Waals surface area contributed by atoms with Crippen LogP contribution in [0.25, 0.3) is 0 Å². The summed E-state index contributed by atoms with van der Waals surface area (Å²) in [5.41, 5.74) is 3.95. The SMILES string of the molecule is CCC1CCC(C2CCC(C3=CC=C(CCF)CC(Cl)=C3F)=C(C)C2)CC1. The van der Waals surface area contributed by atoms with Crippen LogP contribution in [0.5, 0.6) is 0 Å². The second-order valence-electron chi connectivity index (χ2n) is 8.69. The molecule has 0 amide bonds. The minimum absolute atomic E-state index is 0.221. The van der Waals surface area contributed by atoms with Gasteiger partial charge in [0.2, 0.25) is 0 Å². The van der Waals surface area contributed by atoms with Crippen molar-refractivity contribution in [2.75, 3.05) is 6.67 Å². The van der Waals surface area contributed by atoms with Gasteiger partial charge in [-0.05, 0) is 68.8 Å². The fourth-order valence-electron chi connectivity index (χ4n) is 5.28. The molecule has 0 spiro atoms. The molecule has 0 saturated heterocycles. The molecular formula is C24H33ClF2. The van der Waals surface area contributed by atoms with E-state index in [1.165, 1.54) is 37.7 Å². The van der Waals surface area contributed by atoms with E-state index >= 15 is 0 Å². The van der Waals surface area contributed by atoms with E-state index in [-0.39, 0.29) is 10.9 Å². The molecule has 1 unspecified atom stereocenters. The lowest BCUT2D eigenvalue weighted by Crippen LogP contribution is -2.24. The zero-order chi connectivity index (χ0) is 19.4. The second kappa shape index (κ2) is 9.54. The van der Waals surface area contributed by atoms with Crippen LogP contribution in [-0.2, 0) is 0 Å². The third-order valence-corrected chi connectivity index (χ3v) is 7.37. The fourth-order valence-corrected chi connectivity index (χ4v) is 5.55. The van der Waals surface area contributed by atoms with Gasteiger partial charge in [0, 0.05) is 12.0 Å². The van der Waals surface area contributed by atoms with E-state index in [0.29, 0.717) is 18.4 Å². The number of alkyl halides is 1. The van der Waals surface area contributed by atoms with Crippen LogP contribution in [0.15, 0.2) is 45.3 Å². The van der Waals surface area contributed by atoms with Gasteiger partial charge in [-0.25, -0.2) is 4.39 Å². The van der Waals surface area contributed by atoms with E-state index in [9.17, 15) is 8.78 Å². The van der Waals surface area contributed by atoms with Gasteiger partial charge in [-0.15, -0.1) is 0 Å². The molecule has 3 rings (SSSR count). The summed E-state index contributed by atoms with van der Waals surface area (Å²) in [5, 5.41) is 0.221. The minimum atomic E-state index is -0.426. The Morgan fingerprint density at radius 3 is 2.44 bits per heavy atom. The van der Waals surface area contributed by atoms with E-state index in [1.54, 1.807) is 0 Å². The van der Waals surface area contributed by atoms with Crippen molar-refractivity contribution in [1.29, 1.82) is 0 Å². The highest BCUT2D eigenvalue weighted by molar-refractivity contribution is 6.30. The number of hydrogen-bond donors (Lipinski definition) is 0. The van der Waals surface area contributed by atoms with Crippen molar-refractivity contribution < 1.29 is 8.78 Å². The van der Waals surface area contributed by atoms with Crippen molar-refractivity contribution in [3.05, 3.63) is 45.3 Å². The lowest BCUT2D eigenvalue weighted by atomic mass is 9.69. The highest BCUT2D eigenvalue weighted by Crippen LogP contribution is 2.45. The normalized spacial score (nSPS) is 30.2. The van der Waals surface area contributed by atoms with E-state index in [2.05, 4.69) is 13.8 Å². The van der Waals surface area contributed by atoms with Crippen molar-refractivity contribution >= 4 is 11.6 Å². The molecule has 27 heavy (non-hydrogen) atoms. The molecule has 0 N–H and O–H groups in total. The summed E-state index contributed by atoms with van der Waals surface area (Å²) in [6.45, 7) is 4.05. The van der Waals surface area contributed by atoms with Gasteiger partial charge in [0.1, 0.15) is 5.83 Å². The molecule has 150 valence electrons. The molecule has 3 aliphatic rings. The number of rotatable bonds is 5. The monoisotopic (exact) mass is 394 g/mol. The Bertz CT molecular complexity index is 660.